The summed E-state index contributed by atoms with van der Waals surface area (Å²) in [5.74, 6) is 2.93. The molecule has 3 rings (SSSR count). The zero-order valence-electron chi connectivity index (χ0n) is 15.4. The van der Waals surface area contributed by atoms with Gasteiger partial charge in [0.05, 0.1) is 6.26 Å². The molecule has 6 nitrogen and oxygen atoms in total. The number of furan rings is 1. The van der Waals surface area contributed by atoms with Gasteiger partial charge < -0.3 is 20.0 Å². The fourth-order valence-electron chi connectivity index (χ4n) is 3.10. The van der Waals surface area contributed by atoms with E-state index in [0.29, 0.717) is 6.04 Å². The largest absolute Gasteiger partial charge is 0.469 e. The Morgan fingerprint density at radius 1 is 1.27 bits per heavy atom. The minimum atomic E-state index is 0. The van der Waals surface area contributed by atoms with E-state index in [1.54, 1.807) is 6.26 Å². The Balaban J connectivity index is 0.00000243. The van der Waals surface area contributed by atoms with Crippen LogP contribution in [0.5, 0.6) is 0 Å². The number of aryl methyl sites for hydroxylation is 1. The SMILES string of the molecule is CN=C(NCCc1ccco1)NC1CCN(c2cccc(C)n2)CC1.I. The van der Waals surface area contributed by atoms with Crippen LogP contribution >= 0.6 is 24.0 Å². The third-order valence-corrected chi connectivity index (χ3v) is 4.50. The summed E-state index contributed by atoms with van der Waals surface area (Å²) >= 11 is 0. The first-order chi connectivity index (χ1) is 12.2. The molecule has 1 fully saturated rings. The zero-order chi connectivity index (χ0) is 17.5. The van der Waals surface area contributed by atoms with Gasteiger partial charge in [0.25, 0.3) is 0 Å². The average molecular weight is 469 g/mol. The van der Waals surface area contributed by atoms with E-state index in [1.807, 2.05) is 32.2 Å². The van der Waals surface area contributed by atoms with Gasteiger partial charge in [-0.15, -0.1) is 24.0 Å². The summed E-state index contributed by atoms with van der Waals surface area (Å²) in [6.45, 7) is 4.87. The molecule has 0 unspecified atom stereocenters. The lowest BCUT2D eigenvalue weighted by molar-refractivity contribution is 0.458. The highest BCUT2D eigenvalue weighted by molar-refractivity contribution is 14.0. The Hall–Kier alpha value is -1.77. The van der Waals surface area contributed by atoms with Crippen LogP contribution in [-0.2, 0) is 6.42 Å². The van der Waals surface area contributed by atoms with E-state index in [4.69, 9.17) is 4.42 Å². The van der Waals surface area contributed by atoms with Crippen molar-refractivity contribution in [3.8, 4) is 0 Å². The summed E-state index contributed by atoms with van der Waals surface area (Å²) in [4.78, 5) is 11.3. The topological polar surface area (TPSA) is 65.7 Å². The van der Waals surface area contributed by atoms with Gasteiger partial charge in [0.2, 0.25) is 0 Å². The molecule has 26 heavy (non-hydrogen) atoms. The fraction of sp³-hybridized carbons (Fsp3) is 0.474. The van der Waals surface area contributed by atoms with Crippen LogP contribution < -0.4 is 15.5 Å². The van der Waals surface area contributed by atoms with E-state index in [0.717, 1.165) is 62.1 Å². The smallest absolute Gasteiger partial charge is 0.191 e. The zero-order valence-corrected chi connectivity index (χ0v) is 17.8. The number of rotatable bonds is 5. The molecule has 0 amide bonds. The number of piperidine rings is 1. The van der Waals surface area contributed by atoms with E-state index < -0.39 is 0 Å². The number of nitrogens with zero attached hydrogens (tertiary/aromatic N) is 3. The number of hydrogen-bond acceptors (Lipinski definition) is 4. The quantitative estimate of drug-likeness (QED) is 0.401. The maximum absolute atomic E-state index is 5.35. The standard InChI is InChI=1S/C19H27N5O.HI/c1-15-5-3-7-18(22-15)24-12-9-16(10-13-24)23-19(20-2)21-11-8-17-6-4-14-25-17;/h3-7,14,16H,8-13H2,1-2H3,(H2,20,21,23);1H. The number of hydrogen-bond donors (Lipinski definition) is 2. The number of guanidine groups is 1. The summed E-state index contributed by atoms with van der Waals surface area (Å²) in [6, 6.07) is 10.6. The molecule has 1 aliphatic rings. The van der Waals surface area contributed by atoms with Crippen LogP contribution in [0.25, 0.3) is 0 Å². The molecule has 2 N–H and O–H groups in total. The molecule has 0 aromatic carbocycles. The van der Waals surface area contributed by atoms with E-state index in [2.05, 4.69) is 37.6 Å². The van der Waals surface area contributed by atoms with Gasteiger partial charge in [-0.1, -0.05) is 6.07 Å². The first-order valence-electron chi connectivity index (χ1n) is 8.93. The number of halogens is 1. The maximum Gasteiger partial charge on any atom is 0.191 e. The molecule has 1 aliphatic heterocycles. The van der Waals surface area contributed by atoms with Gasteiger partial charge >= 0.3 is 0 Å². The summed E-state index contributed by atoms with van der Waals surface area (Å²) in [5.41, 5.74) is 1.07. The van der Waals surface area contributed by atoms with Gasteiger partial charge in [0, 0.05) is 44.8 Å². The van der Waals surface area contributed by atoms with Crippen molar-refractivity contribution in [1.82, 2.24) is 15.6 Å². The van der Waals surface area contributed by atoms with E-state index >= 15 is 0 Å². The molecular formula is C19H28IN5O. The second kappa shape index (κ2) is 10.4. The Bertz CT molecular complexity index is 681. The van der Waals surface area contributed by atoms with Gasteiger partial charge in [-0.2, -0.15) is 0 Å². The molecule has 0 atom stereocenters. The van der Waals surface area contributed by atoms with Crippen molar-refractivity contribution < 1.29 is 4.42 Å². The first kappa shape index (κ1) is 20.5. The Labute approximate surface area is 172 Å². The number of aliphatic imine (C=N–C) groups is 1. The highest BCUT2D eigenvalue weighted by atomic mass is 127. The molecule has 0 spiro atoms. The molecule has 7 heteroatoms. The third kappa shape index (κ3) is 5.89. The van der Waals surface area contributed by atoms with Crippen LogP contribution in [0.15, 0.2) is 46.0 Å². The molecule has 0 saturated carbocycles. The van der Waals surface area contributed by atoms with Gasteiger partial charge in [-0.05, 0) is 44.0 Å². The highest BCUT2D eigenvalue weighted by Gasteiger charge is 2.20. The predicted octanol–water partition coefficient (Wildman–Crippen LogP) is 2.98. The summed E-state index contributed by atoms with van der Waals surface area (Å²) in [7, 11) is 1.81. The average Bonchev–Trinajstić information content (AvgIpc) is 3.15. The molecule has 142 valence electrons. The van der Waals surface area contributed by atoms with Crippen molar-refractivity contribution in [2.24, 2.45) is 4.99 Å². The van der Waals surface area contributed by atoms with Crippen molar-refractivity contribution in [3.05, 3.63) is 48.0 Å². The Morgan fingerprint density at radius 2 is 2.08 bits per heavy atom. The van der Waals surface area contributed by atoms with Crippen LogP contribution in [0.1, 0.15) is 24.3 Å². The molecule has 2 aromatic rings. The Morgan fingerprint density at radius 3 is 2.73 bits per heavy atom. The van der Waals surface area contributed by atoms with Gasteiger partial charge in [-0.25, -0.2) is 4.98 Å². The molecule has 0 radical (unpaired) electrons. The van der Waals surface area contributed by atoms with Crippen molar-refractivity contribution in [2.75, 3.05) is 31.6 Å². The fourth-order valence-corrected chi connectivity index (χ4v) is 3.10. The molecule has 1 saturated heterocycles. The van der Waals surface area contributed by atoms with Crippen molar-refractivity contribution >= 4 is 35.8 Å². The lowest BCUT2D eigenvalue weighted by Crippen LogP contribution is -2.49. The monoisotopic (exact) mass is 469 g/mol. The lowest BCUT2D eigenvalue weighted by atomic mass is 10.1. The maximum atomic E-state index is 5.35. The number of nitrogens with one attached hydrogen (secondary N) is 2. The summed E-state index contributed by atoms with van der Waals surface area (Å²) in [6.07, 6.45) is 4.72. The first-order valence-corrected chi connectivity index (χ1v) is 8.93. The normalized spacial score (nSPS) is 15.5. The van der Waals surface area contributed by atoms with E-state index in [-0.39, 0.29) is 24.0 Å². The molecule has 0 aliphatic carbocycles. The van der Waals surface area contributed by atoms with Crippen molar-refractivity contribution in [1.29, 1.82) is 0 Å². The molecule has 2 aromatic heterocycles. The van der Waals surface area contributed by atoms with Crippen LogP contribution in [0.2, 0.25) is 0 Å². The lowest BCUT2D eigenvalue weighted by Gasteiger charge is -2.34. The van der Waals surface area contributed by atoms with Gasteiger partial charge in [-0.3, -0.25) is 4.99 Å². The van der Waals surface area contributed by atoms with Crippen molar-refractivity contribution in [3.63, 3.8) is 0 Å². The van der Waals surface area contributed by atoms with Crippen LogP contribution in [-0.4, -0.2) is 43.7 Å². The number of aromatic nitrogens is 1. The van der Waals surface area contributed by atoms with Crippen LogP contribution in [0.3, 0.4) is 0 Å². The molecule has 3 heterocycles. The molecule has 0 bridgehead atoms. The highest BCUT2D eigenvalue weighted by Crippen LogP contribution is 2.18. The summed E-state index contributed by atoms with van der Waals surface area (Å²) < 4.78 is 5.35. The van der Waals surface area contributed by atoms with Gasteiger partial charge in [0.15, 0.2) is 5.96 Å². The van der Waals surface area contributed by atoms with Crippen LogP contribution in [0, 0.1) is 6.92 Å². The van der Waals surface area contributed by atoms with Gasteiger partial charge in [0.1, 0.15) is 11.6 Å². The Kier molecular flexibility index (Phi) is 8.21. The van der Waals surface area contributed by atoms with E-state index in [1.165, 1.54) is 0 Å². The van der Waals surface area contributed by atoms with E-state index in [9.17, 15) is 0 Å². The second-order valence-corrected chi connectivity index (χ2v) is 6.37. The van der Waals surface area contributed by atoms with Crippen molar-refractivity contribution in [2.45, 2.75) is 32.2 Å². The minimum absolute atomic E-state index is 0. The predicted molar refractivity (Wildman–Crippen MR) is 117 cm³/mol. The van der Waals surface area contributed by atoms with Crippen LogP contribution in [0.4, 0.5) is 5.82 Å². The third-order valence-electron chi connectivity index (χ3n) is 4.50. The molecular weight excluding hydrogens is 441 g/mol. The summed E-state index contributed by atoms with van der Waals surface area (Å²) in [5, 5.41) is 6.89. The second-order valence-electron chi connectivity index (χ2n) is 6.37. The number of pyridine rings is 1. The number of anilines is 1. The minimum Gasteiger partial charge on any atom is -0.469 e.